The Morgan fingerprint density at radius 1 is 1.38 bits per heavy atom. The molecule has 1 amide bonds. The highest BCUT2D eigenvalue weighted by atomic mass is 32.1. The molecule has 1 atom stereocenters. The van der Waals surface area contributed by atoms with Crippen LogP contribution >= 0.6 is 12.6 Å². The molecule has 0 spiro atoms. The lowest BCUT2D eigenvalue weighted by molar-refractivity contribution is -0.115. The van der Waals surface area contributed by atoms with Gasteiger partial charge in [-0.05, 0) is 30.0 Å². The van der Waals surface area contributed by atoms with Crippen molar-refractivity contribution < 1.29 is 4.79 Å². The SMILES string of the molecule is CCC(C)c1ccc(N(C)C(=O)CS)cc1. The summed E-state index contributed by atoms with van der Waals surface area (Å²) in [6, 6.07) is 8.16. The van der Waals surface area contributed by atoms with Crippen LogP contribution < -0.4 is 4.90 Å². The van der Waals surface area contributed by atoms with E-state index < -0.39 is 0 Å². The predicted octanol–water partition coefficient (Wildman–Crippen LogP) is 3.09. The lowest BCUT2D eigenvalue weighted by Crippen LogP contribution is -2.27. The minimum absolute atomic E-state index is 0.0135. The fourth-order valence-corrected chi connectivity index (χ4v) is 1.72. The predicted molar refractivity (Wildman–Crippen MR) is 72.4 cm³/mol. The normalized spacial score (nSPS) is 12.2. The Labute approximate surface area is 103 Å². The molecule has 0 N–H and O–H groups in total. The molecule has 1 aromatic rings. The van der Waals surface area contributed by atoms with Gasteiger partial charge in [0.15, 0.2) is 0 Å². The molecular weight excluding hydrogens is 218 g/mol. The smallest absolute Gasteiger partial charge is 0.236 e. The summed E-state index contributed by atoms with van der Waals surface area (Å²) < 4.78 is 0. The summed E-state index contributed by atoms with van der Waals surface area (Å²) in [7, 11) is 1.77. The van der Waals surface area contributed by atoms with E-state index >= 15 is 0 Å². The number of hydrogen-bond donors (Lipinski definition) is 1. The van der Waals surface area contributed by atoms with Crippen LogP contribution in [-0.2, 0) is 4.79 Å². The number of thiol groups is 1. The standard InChI is InChI=1S/C13H19NOS/c1-4-10(2)11-5-7-12(8-6-11)14(3)13(15)9-16/h5-8,10,16H,4,9H2,1-3H3. The van der Waals surface area contributed by atoms with Gasteiger partial charge in [-0.25, -0.2) is 0 Å². The van der Waals surface area contributed by atoms with E-state index in [0.29, 0.717) is 5.92 Å². The molecule has 3 heteroatoms. The van der Waals surface area contributed by atoms with Crippen LogP contribution in [0.5, 0.6) is 0 Å². The Hall–Kier alpha value is -0.960. The molecule has 0 saturated carbocycles. The van der Waals surface area contributed by atoms with Gasteiger partial charge in [0, 0.05) is 12.7 Å². The first-order valence-corrected chi connectivity index (χ1v) is 6.20. The van der Waals surface area contributed by atoms with Crippen molar-refractivity contribution in [1.29, 1.82) is 0 Å². The van der Waals surface area contributed by atoms with E-state index in [9.17, 15) is 4.79 Å². The van der Waals surface area contributed by atoms with Gasteiger partial charge in [-0.1, -0.05) is 26.0 Å². The Bertz CT molecular complexity index is 347. The van der Waals surface area contributed by atoms with Crippen LogP contribution in [0.1, 0.15) is 31.7 Å². The molecular formula is C13H19NOS. The van der Waals surface area contributed by atoms with E-state index in [1.165, 1.54) is 5.56 Å². The van der Waals surface area contributed by atoms with E-state index in [1.807, 2.05) is 12.1 Å². The van der Waals surface area contributed by atoms with E-state index in [1.54, 1.807) is 11.9 Å². The molecule has 0 aliphatic rings. The lowest BCUT2D eigenvalue weighted by Gasteiger charge is -2.17. The Kier molecular flexibility index (Phi) is 4.87. The molecule has 0 radical (unpaired) electrons. The second-order valence-electron chi connectivity index (χ2n) is 4.01. The van der Waals surface area contributed by atoms with Crippen LogP contribution in [0.25, 0.3) is 0 Å². The highest BCUT2D eigenvalue weighted by Gasteiger charge is 2.09. The van der Waals surface area contributed by atoms with Gasteiger partial charge in [-0.15, -0.1) is 0 Å². The third-order valence-electron chi connectivity index (χ3n) is 2.97. The largest absolute Gasteiger partial charge is 0.315 e. The monoisotopic (exact) mass is 237 g/mol. The van der Waals surface area contributed by atoms with Gasteiger partial charge < -0.3 is 4.90 Å². The van der Waals surface area contributed by atoms with Crippen LogP contribution in [0.2, 0.25) is 0 Å². The molecule has 88 valence electrons. The lowest BCUT2D eigenvalue weighted by atomic mass is 9.98. The molecule has 0 saturated heterocycles. The zero-order chi connectivity index (χ0) is 12.1. The fourth-order valence-electron chi connectivity index (χ4n) is 1.51. The second-order valence-corrected chi connectivity index (χ2v) is 4.33. The van der Waals surface area contributed by atoms with Crippen molar-refractivity contribution in [2.75, 3.05) is 17.7 Å². The summed E-state index contributed by atoms with van der Waals surface area (Å²) in [5.74, 6) is 0.823. The first-order chi connectivity index (χ1) is 7.60. The minimum Gasteiger partial charge on any atom is -0.315 e. The van der Waals surface area contributed by atoms with E-state index in [4.69, 9.17) is 0 Å². The summed E-state index contributed by atoms with van der Waals surface area (Å²) in [5.41, 5.74) is 2.24. The van der Waals surface area contributed by atoms with Crippen LogP contribution in [0.3, 0.4) is 0 Å². The number of benzene rings is 1. The summed E-state index contributed by atoms with van der Waals surface area (Å²) in [5, 5.41) is 0. The zero-order valence-electron chi connectivity index (χ0n) is 10.1. The summed E-state index contributed by atoms with van der Waals surface area (Å²) >= 11 is 3.98. The summed E-state index contributed by atoms with van der Waals surface area (Å²) in [4.78, 5) is 13.1. The number of rotatable bonds is 4. The van der Waals surface area contributed by atoms with Crippen LogP contribution in [-0.4, -0.2) is 18.7 Å². The first-order valence-electron chi connectivity index (χ1n) is 5.57. The highest BCUT2D eigenvalue weighted by Crippen LogP contribution is 2.21. The van der Waals surface area contributed by atoms with Crippen molar-refractivity contribution in [3.8, 4) is 0 Å². The molecule has 0 aromatic heterocycles. The molecule has 1 rings (SSSR count). The van der Waals surface area contributed by atoms with Crippen molar-refractivity contribution in [3.63, 3.8) is 0 Å². The number of anilines is 1. The highest BCUT2D eigenvalue weighted by molar-refractivity contribution is 7.81. The Morgan fingerprint density at radius 3 is 2.38 bits per heavy atom. The maximum Gasteiger partial charge on any atom is 0.236 e. The average molecular weight is 237 g/mol. The third-order valence-corrected chi connectivity index (χ3v) is 3.24. The quantitative estimate of drug-likeness (QED) is 0.798. The number of carbonyl (C=O) groups is 1. The molecule has 0 fully saturated rings. The van der Waals surface area contributed by atoms with Gasteiger partial charge in [0.2, 0.25) is 5.91 Å². The van der Waals surface area contributed by atoms with E-state index in [0.717, 1.165) is 12.1 Å². The molecule has 16 heavy (non-hydrogen) atoms. The summed E-state index contributed by atoms with van der Waals surface area (Å²) in [6.45, 7) is 4.38. The van der Waals surface area contributed by atoms with Crippen molar-refractivity contribution in [2.24, 2.45) is 0 Å². The van der Waals surface area contributed by atoms with E-state index in [-0.39, 0.29) is 11.7 Å². The number of amides is 1. The molecule has 0 aliphatic carbocycles. The fraction of sp³-hybridized carbons (Fsp3) is 0.462. The van der Waals surface area contributed by atoms with Gasteiger partial charge in [0.1, 0.15) is 0 Å². The second kappa shape index (κ2) is 5.94. The van der Waals surface area contributed by atoms with Crippen LogP contribution in [0, 0.1) is 0 Å². The van der Waals surface area contributed by atoms with Crippen molar-refractivity contribution in [3.05, 3.63) is 29.8 Å². The molecule has 0 aliphatic heterocycles. The average Bonchev–Trinajstić information content (AvgIpc) is 2.36. The molecule has 2 nitrogen and oxygen atoms in total. The maximum atomic E-state index is 11.4. The third kappa shape index (κ3) is 3.01. The maximum absolute atomic E-state index is 11.4. The van der Waals surface area contributed by atoms with Gasteiger partial charge in [0.05, 0.1) is 5.75 Å². The van der Waals surface area contributed by atoms with Crippen LogP contribution in [0.4, 0.5) is 5.69 Å². The number of nitrogens with zero attached hydrogens (tertiary/aromatic N) is 1. The zero-order valence-corrected chi connectivity index (χ0v) is 11.0. The van der Waals surface area contributed by atoms with Crippen LogP contribution in [0.15, 0.2) is 24.3 Å². The van der Waals surface area contributed by atoms with Crippen molar-refractivity contribution in [1.82, 2.24) is 0 Å². The van der Waals surface area contributed by atoms with Gasteiger partial charge in [-0.3, -0.25) is 4.79 Å². The first kappa shape index (κ1) is 13.1. The Morgan fingerprint density at radius 2 is 1.94 bits per heavy atom. The van der Waals surface area contributed by atoms with Gasteiger partial charge >= 0.3 is 0 Å². The van der Waals surface area contributed by atoms with Gasteiger partial charge in [0.25, 0.3) is 0 Å². The minimum atomic E-state index is 0.0135. The Balaban J connectivity index is 2.82. The molecule has 0 bridgehead atoms. The topological polar surface area (TPSA) is 20.3 Å². The molecule has 1 unspecified atom stereocenters. The number of hydrogen-bond acceptors (Lipinski definition) is 2. The van der Waals surface area contributed by atoms with Crippen molar-refractivity contribution in [2.45, 2.75) is 26.2 Å². The van der Waals surface area contributed by atoms with Gasteiger partial charge in [-0.2, -0.15) is 12.6 Å². The van der Waals surface area contributed by atoms with E-state index in [2.05, 4.69) is 38.6 Å². The molecule has 0 heterocycles. The number of carbonyl (C=O) groups excluding carboxylic acids is 1. The van der Waals surface area contributed by atoms with Crippen molar-refractivity contribution >= 4 is 24.2 Å². The summed E-state index contributed by atoms with van der Waals surface area (Å²) in [6.07, 6.45) is 1.13. The molecule has 1 aromatic carbocycles.